The van der Waals surface area contributed by atoms with E-state index in [2.05, 4.69) is 36.3 Å². The summed E-state index contributed by atoms with van der Waals surface area (Å²) in [6.45, 7) is 4.40. The molecule has 2 saturated carbocycles. The monoisotopic (exact) mass is 278 g/mol. The fraction of sp³-hybridized carbons (Fsp3) is 0.625. The van der Waals surface area contributed by atoms with Crippen molar-refractivity contribution in [2.75, 3.05) is 18.5 Å². The third kappa shape index (κ3) is 3.24. The van der Waals surface area contributed by atoms with Gasteiger partial charge in [-0.05, 0) is 42.7 Å². The Bertz CT molecular complexity index is 456. The summed E-state index contributed by atoms with van der Waals surface area (Å²) in [6, 6.07) is 7.00. The van der Waals surface area contributed by atoms with E-state index in [9.17, 15) is 0 Å². The van der Waals surface area contributed by atoms with Crippen LogP contribution >= 0.6 is 11.6 Å². The minimum atomic E-state index is 0.737. The van der Waals surface area contributed by atoms with Crippen molar-refractivity contribution < 1.29 is 0 Å². The largest absolute Gasteiger partial charge is 0.373 e. The number of rotatable bonds is 6. The van der Waals surface area contributed by atoms with Crippen LogP contribution in [-0.4, -0.2) is 19.6 Å². The number of para-hydroxylation sites is 1. The number of nitrogens with zero attached hydrogens (tertiary/aromatic N) is 1. The number of hydrogen-bond donors (Lipinski definition) is 1. The van der Waals surface area contributed by atoms with Crippen molar-refractivity contribution >= 4 is 17.3 Å². The Balaban J connectivity index is 1.72. The summed E-state index contributed by atoms with van der Waals surface area (Å²) < 4.78 is 0. The highest BCUT2D eigenvalue weighted by atomic mass is 35.5. The summed E-state index contributed by atoms with van der Waals surface area (Å²) >= 11 is 6.43. The maximum absolute atomic E-state index is 6.43. The van der Waals surface area contributed by atoms with Crippen LogP contribution in [0.2, 0.25) is 5.02 Å². The van der Waals surface area contributed by atoms with Crippen molar-refractivity contribution in [2.45, 2.75) is 38.8 Å². The molecule has 19 heavy (non-hydrogen) atoms. The van der Waals surface area contributed by atoms with Crippen molar-refractivity contribution in [3.05, 3.63) is 28.8 Å². The van der Waals surface area contributed by atoms with Gasteiger partial charge in [-0.1, -0.05) is 30.7 Å². The summed E-state index contributed by atoms with van der Waals surface area (Å²) in [4.78, 5) is 2.35. The van der Waals surface area contributed by atoms with Crippen LogP contribution in [0.4, 0.5) is 5.69 Å². The second-order valence-corrected chi connectivity index (χ2v) is 6.66. The molecule has 0 aromatic heterocycles. The predicted molar refractivity (Wildman–Crippen MR) is 81.9 cm³/mol. The molecule has 0 spiro atoms. The van der Waals surface area contributed by atoms with Crippen LogP contribution < -0.4 is 10.2 Å². The van der Waals surface area contributed by atoms with Crippen LogP contribution in [0, 0.1) is 11.8 Å². The molecule has 2 nitrogen and oxygen atoms in total. The highest BCUT2D eigenvalue weighted by molar-refractivity contribution is 6.33. The van der Waals surface area contributed by atoms with Gasteiger partial charge in [0.05, 0.1) is 10.7 Å². The van der Waals surface area contributed by atoms with Crippen LogP contribution in [0.1, 0.15) is 31.7 Å². The zero-order valence-corrected chi connectivity index (χ0v) is 12.6. The average molecular weight is 279 g/mol. The minimum Gasteiger partial charge on any atom is -0.373 e. The molecule has 1 aromatic carbocycles. The molecule has 2 fully saturated rings. The zero-order valence-electron chi connectivity index (χ0n) is 11.8. The lowest BCUT2D eigenvalue weighted by atomic mass is 10.1. The van der Waals surface area contributed by atoms with Crippen LogP contribution in [0.25, 0.3) is 0 Å². The van der Waals surface area contributed by atoms with Crippen LogP contribution in [-0.2, 0) is 6.54 Å². The van der Waals surface area contributed by atoms with Gasteiger partial charge in [0.1, 0.15) is 0 Å². The molecule has 2 atom stereocenters. The first-order valence-corrected chi connectivity index (χ1v) is 7.75. The maximum atomic E-state index is 6.43. The normalized spacial score (nSPS) is 25.4. The average Bonchev–Trinajstić information content (AvgIpc) is 3.26. The Morgan fingerprint density at radius 3 is 2.74 bits per heavy atom. The van der Waals surface area contributed by atoms with Gasteiger partial charge in [0, 0.05) is 26.2 Å². The van der Waals surface area contributed by atoms with E-state index >= 15 is 0 Å². The number of halogens is 1. The number of anilines is 1. The van der Waals surface area contributed by atoms with E-state index in [0.29, 0.717) is 0 Å². The summed E-state index contributed by atoms with van der Waals surface area (Å²) in [5.74, 6) is 1.74. The number of nitrogens with one attached hydrogen (secondary N) is 1. The van der Waals surface area contributed by atoms with Gasteiger partial charge in [-0.25, -0.2) is 0 Å². The number of hydrogen-bond acceptors (Lipinski definition) is 2. The second-order valence-electron chi connectivity index (χ2n) is 6.26. The molecule has 0 aliphatic heterocycles. The van der Waals surface area contributed by atoms with Gasteiger partial charge in [-0.15, -0.1) is 0 Å². The summed E-state index contributed by atoms with van der Waals surface area (Å²) in [5, 5.41) is 4.47. The van der Waals surface area contributed by atoms with E-state index in [1.165, 1.54) is 30.5 Å². The van der Waals surface area contributed by atoms with E-state index in [0.717, 1.165) is 36.0 Å². The Hall–Kier alpha value is -0.730. The van der Waals surface area contributed by atoms with Gasteiger partial charge in [-0.3, -0.25) is 0 Å². The summed E-state index contributed by atoms with van der Waals surface area (Å²) in [6.07, 6.45) is 4.01. The number of benzene rings is 1. The van der Waals surface area contributed by atoms with Gasteiger partial charge in [0.2, 0.25) is 0 Å². The molecular formula is C16H23ClN2. The molecule has 0 amide bonds. The van der Waals surface area contributed by atoms with Crippen molar-refractivity contribution in [2.24, 2.45) is 11.8 Å². The molecule has 104 valence electrons. The standard InChI is InChI=1S/C16H23ClN2/c1-11-8-13(11)10-19(2)16-12(4-3-5-15(16)17)9-18-14-6-7-14/h3-5,11,13-14,18H,6-10H2,1-2H3. The lowest BCUT2D eigenvalue weighted by Crippen LogP contribution is -2.24. The third-order valence-corrected chi connectivity index (χ3v) is 4.70. The highest BCUT2D eigenvalue weighted by Crippen LogP contribution is 2.40. The van der Waals surface area contributed by atoms with Crippen molar-refractivity contribution in [3.63, 3.8) is 0 Å². The third-order valence-electron chi connectivity index (χ3n) is 4.40. The van der Waals surface area contributed by atoms with E-state index < -0.39 is 0 Å². The van der Waals surface area contributed by atoms with Crippen LogP contribution in [0.5, 0.6) is 0 Å². The Kier molecular flexibility index (Phi) is 3.72. The lowest BCUT2D eigenvalue weighted by Gasteiger charge is -2.24. The zero-order chi connectivity index (χ0) is 13.4. The van der Waals surface area contributed by atoms with Gasteiger partial charge in [0.15, 0.2) is 0 Å². The molecule has 2 aliphatic rings. The molecule has 3 heteroatoms. The van der Waals surface area contributed by atoms with Gasteiger partial charge >= 0.3 is 0 Å². The predicted octanol–water partition coefficient (Wildman–Crippen LogP) is 3.68. The van der Waals surface area contributed by atoms with Crippen molar-refractivity contribution in [1.82, 2.24) is 5.32 Å². The van der Waals surface area contributed by atoms with Gasteiger partial charge in [0.25, 0.3) is 0 Å². The van der Waals surface area contributed by atoms with E-state index in [1.807, 2.05) is 6.07 Å². The van der Waals surface area contributed by atoms with Gasteiger partial charge in [-0.2, -0.15) is 0 Å². The fourth-order valence-corrected chi connectivity index (χ4v) is 3.11. The van der Waals surface area contributed by atoms with Crippen LogP contribution in [0.15, 0.2) is 18.2 Å². The first-order chi connectivity index (χ1) is 9.15. The lowest BCUT2D eigenvalue weighted by molar-refractivity contribution is 0.679. The first kappa shape index (κ1) is 13.3. The molecule has 1 aromatic rings. The van der Waals surface area contributed by atoms with Gasteiger partial charge < -0.3 is 10.2 Å². The highest BCUT2D eigenvalue weighted by Gasteiger charge is 2.33. The minimum absolute atomic E-state index is 0.737. The molecule has 0 bridgehead atoms. The van der Waals surface area contributed by atoms with Crippen molar-refractivity contribution in [1.29, 1.82) is 0 Å². The SMILES string of the molecule is CC1CC1CN(C)c1c(Cl)cccc1CNC1CC1. The molecule has 0 heterocycles. The Labute approximate surface area is 121 Å². The quantitative estimate of drug-likeness (QED) is 0.854. The Morgan fingerprint density at radius 2 is 2.11 bits per heavy atom. The fourth-order valence-electron chi connectivity index (χ4n) is 2.77. The topological polar surface area (TPSA) is 15.3 Å². The molecule has 0 saturated heterocycles. The first-order valence-electron chi connectivity index (χ1n) is 7.37. The maximum Gasteiger partial charge on any atom is 0.0642 e. The van der Waals surface area contributed by atoms with Crippen molar-refractivity contribution in [3.8, 4) is 0 Å². The van der Waals surface area contributed by atoms with E-state index in [4.69, 9.17) is 11.6 Å². The molecule has 2 unspecified atom stereocenters. The molecule has 3 rings (SSSR count). The summed E-state index contributed by atoms with van der Waals surface area (Å²) in [7, 11) is 2.17. The summed E-state index contributed by atoms with van der Waals surface area (Å²) in [5.41, 5.74) is 2.55. The Morgan fingerprint density at radius 1 is 1.37 bits per heavy atom. The smallest absolute Gasteiger partial charge is 0.0642 e. The van der Waals surface area contributed by atoms with Crippen LogP contribution in [0.3, 0.4) is 0 Å². The molecule has 2 aliphatic carbocycles. The molecule has 0 radical (unpaired) electrons. The van der Waals surface area contributed by atoms with E-state index in [-0.39, 0.29) is 0 Å². The molecule has 1 N–H and O–H groups in total. The molecular weight excluding hydrogens is 256 g/mol. The second kappa shape index (κ2) is 5.34. The van der Waals surface area contributed by atoms with E-state index in [1.54, 1.807) is 0 Å².